The third-order valence-electron chi connectivity index (χ3n) is 5.76. The number of likely N-dealkylation sites (tertiary alicyclic amines) is 1. The summed E-state index contributed by atoms with van der Waals surface area (Å²) in [7, 11) is 3.20. The van der Waals surface area contributed by atoms with E-state index in [9.17, 15) is 4.79 Å². The highest BCUT2D eigenvalue weighted by molar-refractivity contribution is 5.94. The molecule has 1 saturated heterocycles. The zero-order valence-corrected chi connectivity index (χ0v) is 18.4. The van der Waals surface area contributed by atoms with E-state index in [1.54, 1.807) is 25.2 Å². The fourth-order valence-electron chi connectivity index (χ4n) is 4.17. The number of nitrogen functional groups attached to an aromatic ring is 1. The van der Waals surface area contributed by atoms with Crippen LogP contribution < -0.4 is 15.2 Å². The summed E-state index contributed by atoms with van der Waals surface area (Å²) in [6, 6.07) is 5.56. The predicted molar refractivity (Wildman–Crippen MR) is 123 cm³/mol. The number of carbonyl (C=O) groups excluding carboxylic acids is 1. The van der Waals surface area contributed by atoms with E-state index in [1.807, 2.05) is 19.1 Å². The highest BCUT2D eigenvalue weighted by Gasteiger charge is 2.30. The van der Waals surface area contributed by atoms with Gasteiger partial charge in [0.05, 0.1) is 31.2 Å². The number of hydrogen-bond acceptors (Lipinski definition) is 6. The molecular formula is C24H25N5O3. The van der Waals surface area contributed by atoms with Gasteiger partial charge >= 0.3 is 0 Å². The molecule has 2 N–H and O–H groups in total. The van der Waals surface area contributed by atoms with Crippen molar-refractivity contribution in [3.63, 3.8) is 0 Å². The second-order valence-corrected chi connectivity index (χ2v) is 7.57. The fourth-order valence-corrected chi connectivity index (χ4v) is 4.17. The lowest BCUT2D eigenvalue weighted by Crippen LogP contribution is -2.27. The Morgan fingerprint density at radius 3 is 2.59 bits per heavy atom. The van der Waals surface area contributed by atoms with Crippen molar-refractivity contribution in [3.05, 3.63) is 54.0 Å². The van der Waals surface area contributed by atoms with Crippen molar-refractivity contribution in [2.45, 2.75) is 19.4 Å². The molecule has 1 aromatic carbocycles. The van der Waals surface area contributed by atoms with Crippen molar-refractivity contribution in [2.75, 3.05) is 33.0 Å². The zero-order valence-electron chi connectivity index (χ0n) is 18.4. The molecule has 3 aromatic rings. The number of fused-ring (bicyclic) bond motifs is 1. The van der Waals surface area contributed by atoms with E-state index in [0.717, 1.165) is 34.3 Å². The lowest BCUT2D eigenvalue weighted by atomic mass is 10.1. The summed E-state index contributed by atoms with van der Waals surface area (Å²) < 4.78 is 12.8. The number of ether oxygens (including phenoxy) is 2. The van der Waals surface area contributed by atoms with Crippen LogP contribution in [0.1, 0.15) is 29.3 Å². The number of hydrogen-bond donors (Lipinski definition) is 1. The Kier molecular flexibility index (Phi) is 5.73. The van der Waals surface area contributed by atoms with Gasteiger partial charge in [0.1, 0.15) is 29.3 Å². The minimum atomic E-state index is -0.0669. The molecule has 1 atom stereocenters. The van der Waals surface area contributed by atoms with Crippen LogP contribution in [-0.4, -0.2) is 52.7 Å². The van der Waals surface area contributed by atoms with Crippen LogP contribution in [0.4, 0.5) is 5.82 Å². The number of methoxy groups -OCH3 is 2. The molecule has 0 spiro atoms. The third-order valence-corrected chi connectivity index (χ3v) is 5.76. The van der Waals surface area contributed by atoms with Crippen LogP contribution in [0, 0.1) is 18.8 Å². The lowest BCUT2D eigenvalue weighted by molar-refractivity contribution is -0.125. The van der Waals surface area contributed by atoms with Gasteiger partial charge in [-0.2, -0.15) is 0 Å². The van der Waals surface area contributed by atoms with Crippen molar-refractivity contribution in [3.8, 4) is 23.3 Å². The quantitative estimate of drug-likeness (QED) is 0.504. The number of nitrogens with two attached hydrogens (primary N) is 1. The predicted octanol–water partition coefficient (Wildman–Crippen LogP) is 2.70. The van der Waals surface area contributed by atoms with Crippen LogP contribution in [0.5, 0.6) is 11.5 Å². The Labute approximate surface area is 186 Å². The first kappa shape index (κ1) is 21.2. The summed E-state index contributed by atoms with van der Waals surface area (Å²) in [6.07, 6.45) is 3.62. The van der Waals surface area contributed by atoms with Gasteiger partial charge in [-0.05, 0) is 31.6 Å². The van der Waals surface area contributed by atoms with Gasteiger partial charge in [0, 0.05) is 30.4 Å². The summed E-state index contributed by atoms with van der Waals surface area (Å²) >= 11 is 0. The maximum Gasteiger partial charge on any atom is 0.246 e. The Hall–Kier alpha value is -3.99. The molecule has 1 aliphatic heterocycles. The van der Waals surface area contributed by atoms with Crippen LogP contribution >= 0.6 is 0 Å². The topological polar surface area (TPSA) is 95.5 Å². The van der Waals surface area contributed by atoms with Crippen LogP contribution in [0.25, 0.3) is 11.0 Å². The van der Waals surface area contributed by atoms with Crippen LogP contribution in [-0.2, 0) is 4.79 Å². The molecule has 1 fully saturated rings. The highest BCUT2D eigenvalue weighted by Crippen LogP contribution is 2.34. The molecule has 0 aliphatic carbocycles. The molecule has 8 heteroatoms. The van der Waals surface area contributed by atoms with E-state index < -0.39 is 0 Å². The molecule has 2 aromatic heterocycles. The Morgan fingerprint density at radius 1 is 1.22 bits per heavy atom. The van der Waals surface area contributed by atoms with Crippen LogP contribution in [0.3, 0.4) is 0 Å². The molecule has 0 radical (unpaired) electrons. The monoisotopic (exact) mass is 431 g/mol. The van der Waals surface area contributed by atoms with E-state index in [4.69, 9.17) is 15.2 Å². The van der Waals surface area contributed by atoms with Gasteiger partial charge in [0.2, 0.25) is 5.91 Å². The van der Waals surface area contributed by atoms with Gasteiger partial charge in [0.15, 0.2) is 0 Å². The SMILES string of the molecule is C=CC(=O)N1CCC(n2c(C)c(C#Cc3cc(OC)cc(OC)c3)c3c(N)ncnc32)C1. The van der Waals surface area contributed by atoms with Crippen molar-refractivity contribution < 1.29 is 14.3 Å². The molecule has 0 saturated carbocycles. The maximum atomic E-state index is 12.1. The molecular weight excluding hydrogens is 406 g/mol. The summed E-state index contributed by atoms with van der Waals surface area (Å²) in [5, 5.41) is 0.723. The maximum absolute atomic E-state index is 12.1. The smallest absolute Gasteiger partial charge is 0.246 e. The number of benzene rings is 1. The van der Waals surface area contributed by atoms with Gasteiger partial charge in [0.25, 0.3) is 0 Å². The van der Waals surface area contributed by atoms with E-state index in [0.29, 0.717) is 30.4 Å². The van der Waals surface area contributed by atoms with E-state index in [-0.39, 0.29) is 11.9 Å². The van der Waals surface area contributed by atoms with Gasteiger partial charge < -0.3 is 24.7 Å². The van der Waals surface area contributed by atoms with Crippen molar-refractivity contribution in [1.29, 1.82) is 0 Å². The van der Waals surface area contributed by atoms with E-state index in [1.165, 1.54) is 12.4 Å². The van der Waals surface area contributed by atoms with Crippen LogP contribution in [0.2, 0.25) is 0 Å². The minimum absolute atomic E-state index is 0.0669. The second-order valence-electron chi connectivity index (χ2n) is 7.57. The fraction of sp³-hybridized carbons (Fsp3) is 0.292. The first-order chi connectivity index (χ1) is 15.5. The molecule has 32 heavy (non-hydrogen) atoms. The molecule has 3 heterocycles. The van der Waals surface area contributed by atoms with Crippen molar-refractivity contribution in [1.82, 2.24) is 19.4 Å². The molecule has 1 amide bonds. The molecule has 164 valence electrons. The van der Waals surface area contributed by atoms with Gasteiger partial charge in [-0.3, -0.25) is 4.79 Å². The highest BCUT2D eigenvalue weighted by atomic mass is 16.5. The Balaban J connectivity index is 1.81. The number of amides is 1. The Bertz CT molecular complexity index is 1250. The van der Waals surface area contributed by atoms with Crippen molar-refractivity contribution in [2.24, 2.45) is 0 Å². The molecule has 8 nitrogen and oxygen atoms in total. The van der Waals surface area contributed by atoms with Gasteiger partial charge in [-0.15, -0.1) is 0 Å². The Morgan fingerprint density at radius 2 is 1.94 bits per heavy atom. The molecule has 0 bridgehead atoms. The zero-order chi connectivity index (χ0) is 22.8. The number of carbonyl (C=O) groups is 1. The first-order valence-corrected chi connectivity index (χ1v) is 10.2. The minimum Gasteiger partial charge on any atom is -0.497 e. The number of nitrogens with zero attached hydrogens (tertiary/aromatic N) is 4. The number of aromatic nitrogens is 3. The van der Waals surface area contributed by atoms with E-state index >= 15 is 0 Å². The average Bonchev–Trinajstić information content (AvgIpc) is 3.39. The lowest BCUT2D eigenvalue weighted by Gasteiger charge is -2.17. The molecule has 1 aliphatic rings. The van der Waals surface area contributed by atoms with Crippen LogP contribution in [0.15, 0.2) is 37.2 Å². The largest absolute Gasteiger partial charge is 0.497 e. The molecule has 1 unspecified atom stereocenters. The normalized spacial score (nSPS) is 15.3. The third kappa shape index (κ3) is 3.73. The van der Waals surface area contributed by atoms with Gasteiger partial charge in [-0.1, -0.05) is 18.4 Å². The average molecular weight is 431 g/mol. The first-order valence-electron chi connectivity index (χ1n) is 10.2. The van der Waals surface area contributed by atoms with Crippen molar-refractivity contribution >= 4 is 22.8 Å². The van der Waals surface area contributed by atoms with Gasteiger partial charge in [-0.25, -0.2) is 9.97 Å². The second kappa shape index (κ2) is 8.63. The summed E-state index contributed by atoms with van der Waals surface area (Å²) in [6.45, 7) is 6.84. The molecule has 4 rings (SSSR count). The standard InChI is InChI=1S/C24H25N5O3/c1-5-21(30)28-9-8-17(13-28)29-15(2)20(22-23(25)26-14-27-24(22)29)7-6-16-10-18(31-3)12-19(11-16)32-4/h5,10-12,14,17H,1,8-9,13H2,2-4H3,(H2,25,26,27). The number of rotatable bonds is 4. The number of anilines is 1. The summed E-state index contributed by atoms with van der Waals surface area (Å²) in [5.74, 6) is 8.10. The summed E-state index contributed by atoms with van der Waals surface area (Å²) in [4.78, 5) is 22.6. The summed E-state index contributed by atoms with van der Waals surface area (Å²) in [5.41, 5.74) is 9.43. The van der Waals surface area contributed by atoms with E-state index in [2.05, 4.69) is 33.0 Å².